The molecule has 1 N–H and O–H groups in total. The molecule has 0 aliphatic carbocycles. The van der Waals surface area contributed by atoms with Crippen molar-refractivity contribution >= 4 is 39.0 Å². The van der Waals surface area contributed by atoms with Gasteiger partial charge in [-0.25, -0.2) is 8.42 Å². The number of amides is 1. The Morgan fingerprint density at radius 3 is 2.48 bits per heavy atom. The van der Waals surface area contributed by atoms with Crippen molar-refractivity contribution in [2.75, 3.05) is 18.4 Å². The summed E-state index contributed by atoms with van der Waals surface area (Å²) in [7, 11) is -3.50. The Morgan fingerprint density at radius 1 is 1.00 bits per heavy atom. The molecular weight excluding hydrogens is 428 g/mol. The zero-order chi connectivity index (χ0) is 21.7. The lowest BCUT2D eigenvalue weighted by Crippen LogP contribution is -2.40. The first-order chi connectivity index (χ1) is 15.0. The number of sulfonamides is 1. The first kappa shape index (κ1) is 21.5. The Labute approximate surface area is 187 Å². The lowest BCUT2D eigenvalue weighted by atomic mass is 9.97. The largest absolute Gasteiger partial charge is 0.326 e. The van der Waals surface area contributed by atoms with E-state index in [2.05, 4.69) is 10.7 Å². The number of hydrogen-bond acceptors (Lipinski definition) is 4. The third-order valence-electron chi connectivity index (χ3n) is 5.40. The zero-order valence-electron chi connectivity index (χ0n) is 17.0. The predicted octanol–water partition coefficient (Wildman–Crippen LogP) is 5.07. The molecule has 0 bridgehead atoms. The van der Waals surface area contributed by atoms with Gasteiger partial charge < -0.3 is 5.32 Å². The molecule has 1 fully saturated rings. The third-order valence-corrected chi connectivity index (χ3v) is 7.65. The fourth-order valence-electron chi connectivity index (χ4n) is 3.64. The highest BCUT2D eigenvalue weighted by atomic mass is 32.2. The van der Waals surface area contributed by atoms with Crippen molar-refractivity contribution in [3.05, 3.63) is 82.4 Å². The van der Waals surface area contributed by atoms with E-state index in [-0.39, 0.29) is 11.8 Å². The normalized spacial score (nSPS) is 15.9. The molecule has 1 saturated heterocycles. The van der Waals surface area contributed by atoms with E-state index in [0.29, 0.717) is 25.9 Å². The van der Waals surface area contributed by atoms with Crippen molar-refractivity contribution in [3.8, 4) is 11.1 Å². The van der Waals surface area contributed by atoms with E-state index < -0.39 is 10.0 Å². The van der Waals surface area contributed by atoms with Crippen LogP contribution in [0.1, 0.15) is 18.4 Å². The van der Waals surface area contributed by atoms with E-state index in [0.717, 1.165) is 22.4 Å². The average Bonchev–Trinajstić information content (AvgIpc) is 3.34. The molecule has 4 rings (SSSR count). The van der Waals surface area contributed by atoms with Crippen molar-refractivity contribution in [2.24, 2.45) is 5.92 Å². The van der Waals surface area contributed by atoms with Gasteiger partial charge in [0.1, 0.15) is 0 Å². The summed E-state index contributed by atoms with van der Waals surface area (Å²) in [6.45, 7) is 0.684. The van der Waals surface area contributed by atoms with Crippen LogP contribution in [0.15, 0.2) is 76.8 Å². The summed E-state index contributed by atoms with van der Waals surface area (Å²) < 4.78 is 26.7. The van der Waals surface area contributed by atoms with Crippen LogP contribution in [-0.2, 0) is 14.8 Å². The lowest BCUT2D eigenvalue weighted by Gasteiger charge is -2.29. The van der Waals surface area contributed by atoms with Gasteiger partial charge in [-0.3, -0.25) is 4.79 Å². The molecule has 31 heavy (non-hydrogen) atoms. The summed E-state index contributed by atoms with van der Waals surface area (Å²) in [6, 6.07) is 19.2. The highest BCUT2D eigenvalue weighted by molar-refractivity contribution is 7.92. The summed E-state index contributed by atoms with van der Waals surface area (Å²) in [4.78, 5) is 12.7. The van der Waals surface area contributed by atoms with Crippen LogP contribution < -0.4 is 5.32 Å². The SMILES string of the molecule is O=C(Nc1cccc(-c2ccsc2)c1)C1CCN(S(=O)(=O)/C=C/c2ccccc2)CC1. The minimum absolute atomic E-state index is 0.0562. The van der Waals surface area contributed by atoms with Crippen LogP contribution in [0.5, 0.6) is 0 Å². The van der Waals surface area contributed by atoms with E-state index in [4.69, 9.17) is 0 Å². The van der Waals surface area contributed by atoms with Gasteiger partial charge in [-0.15, -0.1) is 0 Å². The van der Waals surface area contributed by atoms with Gasteiger partial charge in [0, 0.05) is 30.1 Å². The summed E-state index contributed by atoms with van der Waals surface area (Å²) >= 11 is 1.64. The van der Waals surface area contributed by atoms with Crippen molar-refractivity contribution in [1.82, 2.24) is 4.31 Å². The smallest absolute Gasteiger partial charge is 0.236 e. The second-order valence-electron chi connectivity index (χ2n) is 7.51. The maximum Gasteiger partial charge on any atom is 0.236 e. The van der Waals surface area contributed by atoms with E-state index in [1.165, 1.54) is 9.71 Å². The Morgan fingerprint density at radius 2 is 1.77 bits per heavy atom. The third kappa shape index (κ3) is 5.50. The van der Waals surface area contributed by atoms with Gasteiger partial charge in [0.2, 0.25) is 15.9 Å². The highest BCUT2D eigenvalue weighted by Crippen LogP contribution is 2.26. The average molecular weight is 453 g/mol. The Bertz CT molecular complexity index is 1150. The van der Waals surface area contributed by atoms with Crippen LogP contribution in [-0.4, -0.2) is 31.7 Å². The lowest BCUT2D eigenvalue weighted by molar-refractivity contribution is -0.120. The molecule has 7 heteroatoms. The first-order valence-corrected chi connectivity index (χ1v) is 12.6. The molecule has 0 saturated carbocycles. The maximum absolute atomic E-state index is 12.7. The second kappa shape index (κ2) is 9.60. The standard InChI is InChI=1S/C24H24N2O3S2/c27-24(25-23-8-4-7-21(17-23)22-11-15-30-18-22)20-9-13-26(14-10-20)31(28,29)16-12-19-5-2-1-3-6-19/h1-8,11-12,15-18,20H,9-10,13-14H2,(H,25,27)/b16-12+. The predicted molar refractivity (Wildman–Crippen MR) is 127 cm³/mol. The van der Waals surface area contributed by atoms with Gasteiger partial charge >= 0.3 is 0 Å². The van der Waals surface area contributed by atoms with Gasteiger partial charge in [0.05, 0.1) is 0 Å². The number of thiophene rings is 1. The molecule has 0 unspecified atom stereocenters. The molecule has 0 spiro atoms. The molecular formula is C24H24N2O3S2. The minimum Gasteiger partial charge on any atom is -0.326 e. The number of benzene rings is 2. The van der Waals surface area contributed by atoms with Crippen LogP contribution >= 0.6 is 11.3 Å². The van der Waals surface area contributed by atoms with Gasteiger partial charge in [0.25, 0.3) is 0 Å². The number of carbonyl (C=O) groups excluding carboxylic acids is 1. The fourth-order valence-corrected chi connectivity index (χ4v) is 5.52. The quantitative estimate of drug-likeness (QED) is 0.568. The number of carbonyl (C=O) groups is 1. The zero-order valence-corrected chi connectivity index (χ0v) is 18.6. The van der Waals surface area contributed by atoms with Gasteiger partial charge in [-0.1, -0.05) is 42.5 Å². The summed E-state index contributed by atoms with van der Waals surface area (Å²) in [6.07, 6.45) is 2.62. The molecule has 1 aliphatic heterocycles. The summed E-state index contributed by atoms with van der Waals surface area (Å²) in [5.41, 5.74) is 3.79. The van der Waals surface area contributed by atoms with Crippen LogP contribution in [0.2, 0.25) is 0 Å². The second-order valence-corrected chi connectivity index (χ2v) is 10.1. The number of rotatable bonds is 6. The molecule has 5 nitrogen and oxygen atoms in total. The highest BCUT2D eigenvalue weighted by Gasteiger charge is 2.30. The molecule has 1 amide bonds. The Balaban J connectivity index is 1.34. The van der Waals surface area contributed by atoms with E-state index in [9.17, 15) is 13.2 Å². The number of anilines is 1. The molecule has 1 aliphatic rings. The first-order valence-electron chi connectivity index (χ1n) is 10.2. The Kier molecular flexibility index (Phi) is 6.65. The van der Waals surface area contributed by atoms with Crippen molar-refractivity contribution in [1.29, 1.82) is 0 Å². The molecule has 160 valence electrons. The van der Waals surface area contributed by atoms with Crippen molar-refractivity contribution < 1.29 is 13.2 Å². The van der Waals surface area contributed by atoms with Crippen molar-refractivity contribution in [2.45, 2.75) is 12.8 Å². The fraction of sp³-hybridized carbons (Fsp3) is 0.208. The number of nitrogens with zero attached hydrogens (tertiary/aromatic N) is 1. The van der Waals surface area contributed by atoms with Gasteiger partial charge in [-0.05, 0) is 64.6 Å². The van der Waals surface area contributed by atoms with Gasteiger partial charge in [0.15, 0.2) is 0 Å². The van der Waals surface area contributed by atoms with Gasteiger partial charge in [-0.2, -0.15) is 15.6 Å². The molecule has 0 atom stereocenters. The van der Waals surface area contributed by atoms with E-state index >= 15 is 0 Å². The monoisotopic (exact) mass is 452 g/mol. The van der Waals surface area contributed by atoms with Crippen LogP contribution in [0, 0.1) is 5.92 Å². The number of nitrogens with one attached hydrogen (secondary N) is 1. The maximum atomic E-state index is 12.7. The number of hydrogen-bond donors (Lipinski definition) is 1. The van der Waals surface area contributed by atoms with Crippen molar-refractivity contribution in [3.63, 3.8) is 0 Å². The minimum atomic E-state index is -3.50. The number of piperidine rings is 1. The van der Waals surface area contributed by atoms with E-state index in [1.807, 2.05) is 66.0 Å². The molecule has 2 aromatic carbocycles. The van der Waals surface area contributed by atoms with Crippen LogP contribution in [0.3, 0.4) is 0 Å². The summed E-state index contributed by atoms with van der Waals surface area (Å²) in [5, 5.41) is 8.34. The topological polar surface area (TPSA) is 66.5 Å². The molecule has 2 heterocycles. The van der Waals surface area contributed by atoms with E-state index in [1.54, 1.807) is 17.4 Å². The Hall–Kier alpha value is -2.74. The van der Waals surface area contributed by atoms with Crippen LogP contribution in [0.4, 0.5) is 5.69 Å². The molecule has 3 aromatic rings. The summed E-state index contributed by atoms with van der Waals surface area (Å²) in [5.74, 6) is -0.256. The molecule has 0 radical (unpaired) electrons. The molecule has 1 aromatic heterocycles. The van der Waals surface area contributed by atoms with Crippen LogP contribution in [0.25, 0.3) is 17.2 Å².